The zero-order valence-electron chi connectivity index (χ0n) is 14.7. The number of carbonyl (C=O) groups excluding carboxylic acids is 1. The third-order valence-electron chi connectivity index (χ3n) is 4.74. The number of carbonyl (C=O) groups is 1. The number of aliphatic hydroxyl groups excluding tert-OH is 1. The Morgan fingerprint density at radius 3 is 2.80 bits per heavy atom. The molecule has 2 N–H and O–H groups in total. The third kappa shape index (κ3) is 3.88. The van der Waals surface area contributed by atoms with Crippen molar-refractivity contribution in [2.75, 3.05) is 33.3 Å². The summed E-state index contributed by atoms with van der Waals surface area (Å²) in [5.41, 5.74) is 0. The van der Waals surface area contributed by atoms with Gasteiger partial charge in [0.15, 0.2) is 5.82 Å². The topological polar surface area (TPSA) is 103 Å². The van der Waals surface area contributed by atoms with Crippen molar-refractivity contribution in [2.24, 2.45) is 7.05 Å². The number of imidazole rings is 1. The molecule has 25 heavy (non-hydrogen) atoms. The fourth-order valence-corrected chi connectivity index (χ4v) is 3.23. The van der Waals surface area contributed by atoms with Gasteiger partial charge in [0.2, 0.25) is 0 Å². The minimum Gasteiger partial charge on any atom is -0.395 e. The van der Waals surface area contributed by atoms with Crippen molar-refractivity contribution >= 4 is 5.91 Å². The summed E-state index contributed by atoms with van der Waals surface area (Å²) in [5.74, 6) is 2.51. The van der Waals surface area contributed by atoms with Crippen LogP contribution in [0.25, 0.3) is 0 Å². The van der Waals surface area contributed by atoms with Crippen LogP contribution in [0.3, 0.4) is 0 Å². The lowest BCUT2D eigenvalue weighted by Crippen LogP contribution is -2.38. The maximum Gasteiger partial charge on any atom is 0.289 e. The van der Waals surface area contributed by atoms with E-state index >= 15 is 0 Å². The number of aliphatic hydroxyl groups is 1. The summed E-state index contributed by atoms with van der Waals surface area (Å²) in [6.45, 7) is 2.77. The van der Waals surface area contributed by atoms with Crippen LogP contribution in [0.1, 0.15) is 41.0 Å². The molecule has 0 spiro atoms. The Labute approximate surface area is 146 Å². The molecule has 9 heteroatoms. The first-order valence-corrected chi connectivity index (χ1v) is 8.56. The van der Waals surface area contributed by atoms with Gasteiger partial charge in [-0.05, 0) is 19.9 Å². The lowest BCUT2D eigenvalue weighted by atomic mass is 9.96. The molecule has 3 rings (SSSR count). The van der Waals surface area contributed by atoms with Gasteiger partial charge in [-0.15, -0.1) is 10.2 Å². The zero-order chi connectivity index (χ0) is 17.8. The largest absolute Gasteiger partial charge is 0.395 e. The molecular weight excluding hydrogens is 322 g/mol. The van der Waals surface area contributed by atoms with Crippen LogP contribution in [0.5, 0.6) is 0 Å². The number of aromatic nitrogens is 5. The Morgan fingerprint density at radius 2 is 2.16 bits per heavy atom. The molecule has 1 amide bonds. The Kier molecular flexibility index (Phi) is 5.44. The highest BCUT2D eigenvalue weighted by Crippen LogP contribution is 2.27. The number of hydrogen-bond donors (Lipinski definition) is 2. The first-order chi connectivity index (χ1) is 12.1. The second kappa shape index (κ2) is 7.75. The Balaban J connectivity index is 1.60. The summed E-state index contributed by atoms with van der Waals surface area (Å²) in [7, 11) is 3.93. The van der Waals surface area contributed by atoms with Crippen LogP contribution in [0.4, 0.5) is 0 Å². The molecule has 0 aliphatic carbocycles. The van der Waals surface area contributed by atoms with E-state index in [0.717, 1.165) is 24.5 Å². The quantitative estimate of drug-likeness (QED) is 0.761. The van der Waals surface area contributed by atoms with Crippen molar-refractivity contribution < 1.29 is 9.90 Å². The normalized spacial score (nSPS) is 15.9. The van der Waals surface area contributed by atoms with Gasteiger partial charge in [0.25, 0.3) is 5.91 Å². The van der Waals surface area contributed by atoms with E-state index in [2.05, 4.69) is 20.2 Å². The van der Waals surface area contributed by atoms with Gasteiger partial charge in [0.1, 0.15) is 11.6 Å². The van der Waals surface area contributed by atoms with Crippen molar-refractivity contribution in [3.63, 3.8) is 0 Å². The number of likely N-dealkylation sites (tertiary alicyclic amines) is 1. The average Bonchev–Trinajstić information content (AvgIpc) is 3.26. The van der Waals surface area contributed by atoms with E-state index in [1.807, 2.05) is 28.5 Å². The van der Waals surface area contributed by atoms with Crippen molar-refractivity contribution in [3.05, 3.63) is 29.9 Å². The third-order valence-corrected chi connectivity index (χ3v) is 4.74. The van der Waals surface area contributed by atoms with E-state index in [9.17, 15) is 4.79 Å². The van der Waals surface area contributed by atoms with Crippen LogP contribution < -0.4 is 0 Å². The molecule has 0 atom stereocenters. The maximum absolute atomic E-state index is 12.3. The Hall–Kier alpha value is -2.26. The van der Waals surface area contributed by atoms with E-state index in [1.165, 1.54) is 0 Å². The summed E-state index contributed by atoms with van der Waals surface area (Å²) in [6.07, 6.45) is 4.99. The first-order valence-electron chi connectivity index (χ1n) is 8.56. The molecule has 0 unspecified atom stereocenters. The SMILES string of the molecule is CN(CCO)Cc1nnc(C2CCN(C(=O)c3ncc[nH]3)CC2)n1C. The van der Waals surface area contributed by atoms with E-state index in [0.29, 0.717) is 37.9 Å². The fourth-order valence-electron chi connectivity index (χ4n) is 3.23. The number of amides is 1. The molecule has 0 aromatic carbocycles. The number of rotatable bonds is 6. The standard InChI is InChI=1S/C16H25N7O2/c1-21(9-10-24)11-13-19-20-15(22(13)2)12-3-7-23(8-4-12)16(25)14-17-5-6-18-14/h5-6,12,24H,3-4,7-11H2,1-2H3,(H,17,18). The minimum absolute atomic E-state index is 0.0484. The number of H-pyrrole nitrogens is 1. The lowest BCUT2D eigenvalue weighted by molar-refractivity contribution is 0.0699. The van der Waals surface area contributed by atoms with E-state index in [-0.39, 0.29) is 12.5 Å². The van der Waals surface area contributed by atoms with E-state index < -0.39 is 0 Å². The van der Waals surface area contributed by atoms with Crippen molar-refractivity contribution in [3.8, 4) is 0 Å². The highest BCUT2D eigenvalue weighted by molar-refractivity contribution is 5.90. The number of likely N-dealkylation sites (N-methyl/N-ethyl adjacent to an activating group) is 1. The second-order valence-electron chi connectivity index (χ2n) is 6.50. The van der Waals surface area contributed by atoms with Gasteiger partial charge in [-0.1, -0.05) is 0 Å². The molecule has 2 aromatic rings. The van der Waals surface area contributed by atoms with Crippen LogP contribution in [0.15, 0.2) is 12.4 Å². The number of piperidine rings is 1. The van der Waals surface area contributed by atoms with Gasteiger partial charge in [-0.2, -0.15) is 0 Å². The van der Waals surface area contributed by atoms with Gasteiger partial charge in [-0.25, -0.2) is 4.98 Å². The Morgan fingerprint density at radius 1 is 1.40 bits per heavy atom. The number of nitrogens with one attached hydrogen (secondary N) is 1. The molecule has 0 saturated carbocycles. The first kappa shape index (κ1) is 17.6. The van der Waals surface area contributed by atoms with Crippen LogP contribution >= 0.6 is 0 Å². The number of hydrogen-bond acceptors (Lipinski definition) is 6. The van der Waals surface area contributed by atoms with Crippen molar-refractivity contribution in [1.82, 2.24) is 34.5 Å². The summed E-state index contributed by atoms with van der Waals surface area (Å²) >= 11 is 0. The summed E-state index contributed by atoms with van der Waals surface area (Å²) < 4.78 is 2.04. The van der Waals surface area contributed by atoms with Gasteiger partial charge in [0.05, 0.1) is 13.2 Å². The smallest absolute Gasteiger partial charge is 0.289 e. The summed E-state index contributed by atoms with van der Waals surface area (Å²) in [4.78, 5) is 23.1. The second-order valence-corrected chi connectivity index (χ2v) is 6.50. The van der Waals surface area contributed by atoms with Gasteiger partial charge in [-0.3, -0.25) is 9.69 Å². The highest BCUT2D eigenvalue weighted by Gasteiger charge is 2.28. The van der Waals surface area contributed by atoms with Crippen LogP contribution in [0.2, 0.25) is 0 Å². The van der Waals surface area contributed by atoms with E-state index in [4.69, 9.17) is 5.11 Å². The average molecular weight is 347 g/mol. The van der Waals surface area contributed by atoms with Crippen molar-refractivity contribution in [1.29, 1.82) is 0 Å². The zero-order valence-corrected chi connectivity index (χ0v) is 14.7. The predicted octanol–water partition coefficient (Wildman–Crippen LogP) is -0.0179. The summed E-state index contributed by atoms with van der Waals surface area (Å²) in [5, 5.41) is 17.7. The fraction of sp³-hybridized carbons (Fsp3) is 0.625. The molecule has 2 aromatic heterocycles. The van der Waals surface area contributed by atoms with Crippen LogP contribution in [-0.4, -0.2) is 78.8 Å². The molecule has 1 aliphatic rings. The lowest BCUT2D eigenvalue weighted by Gasteiger charge is -2.31. The van der Waals surface area contributed by atoms with E-state index in [1.54, 1.807) is 12.4 Å². The maximum atomic E-state index is 12.3. The monoisotopic (exact) mass is 347 g/mol. The number of aromatic amines is 1. The molecule has 3 heterocycles. The molecule has 1 fully saturated rings. The number of nitrogens with zero attached hydrogens (tertiary/aromatic N) is 6. The van der Waals surface area contributed by atoms with Gasteiger partial charge < -0.3 is 19.6 Å². The Bertz CT molecular complexity index is 689. The molecule has 1 saturated heterocycles. The molecule has 0 bridgehead atoms. The van der Waals surface area contributed by atoms with Gasteiger partial charge >= 0.3 is 0 Å². The molecule has 1 aliphatic heterocycles. The molecule has 0 radical (unpaired) electrons. The van der Waals surface area contributed by atoms with Crippen molar-refractivity contribution in [2.45, 2.75) is 25.3 Å². The predicted molar refractivity (Wildman–Crippen MR) is 90.9 cm³/mol. The van der Waals surface area contributed by atoms with Crippen LogP contribution in [-0.2, 0) is 13.6 Å². The molecule has 9 nitrogen and oxygen atoms in total. The molecule has 136 valence electrons. The highest BCUT2D eigenvalue weighted by atomic mass is 16.3. The molecular formula is C16H25N7O2. The summed E-state index contributed by atoms with van der Waals surface area (Å²) in [6, 6.07) is 0. The van der Waals surface area contributed by atoms with Crippen LogP contribution in [0, 0.1) is 0 Å². The minimum atomic E-state index is -0.0484. The van der Waals surface area contributed by atoms with Gasteiger partial charge in [0, 0.05) is 45.0 Å².